The lowest BCUT2D eigenvalue weighted by Crippen LogP contribution is -2.28. The van der Waals surface area contributed by atoms with Crippen LogP contribution in [0.5, 0.6) is 5.75 Å². The van der Waals surface area contributed by atoms with Gasteiger partial charge in [-0.15, -0.1) is 0 Å². The molecule has 1 N–H and O–H groups in total. The minimum atomic E-state index is 0.577. The van der Waals surface area contributed by atoms with Gasteiger partial charge in [0.1, 0.15) is 5.75 Å². The lowest BCUT2D eigenvalue weighted by atomic mass is 10.1. The molecule has 1 aromatic rings. The van der Waals surface area contributed by atoms with Gasteiger partial charge >= 0.3 is 0 Å². The van der Waals surface area contributed by atoms with Gasteiger partial charge in [0, 0.05) is 23.2 Å². The van der Waals surface area contributed by atoms with E-state index in [1.807, 2.05) is 6.07 Å². The van der Waals surface area contributed by atoms with Gasteiger partial charge in [-0.05, 0) is 25.0 Å². The van der Waals surface area contributed by atoms with Crippen LogP contribution in [0.4, 0.5) is 0 Å². The summed E-state index contributed by atoms with van der Waals surface area (Å²) in [5.41, 5.74) is 1.03. The van der Waals surface area contributed by atoms with E-state index in [0.717, 1.165) is 17.9 Å². The fraction of sp³-hybridized carbons (Fsp3) is 0.600. The molecule has 0 saturated heterocycles. The highest BCUT2D eigenvalue weighted by molar-refractivity contribution is 6.35. The van der Waals surface area contributed by atoms with Crippen molar-refractivity contribution in [1.29, 1.82) is 0 Å². The molecule has 1 saturated carbocycles. The lowest BCUT2D eigenvalue weighted by molar-refractivity contribution is 0.401. The SMILES string of the molecule is COc1c(Cl)cc(Cl)cc1CNC1CCCCCC1. The number of hydrogen-bond acceptors (Lipinski definition) is 2. The molecule has 0 unspecified atom stereocenters. The molecule has 4 heteroatoms. The van der Waals surface area contributed by atoms with Crippen LogP contribution in [0, 0.1) is 0 Å². The smallest absolute Gasteiger partial charge is 0.142 e. The average molecular weight is 302 g/mol. The third kappa shape index (κ3) is 4.27. The standard InChI is InChI=1S/C15H21Cl2NO/c1-19-15-11(8-12(16)9-14(15)17)10-18-13-6-4-2-3-5-7-13/h8-9,13,18H,2-7,10H2,1H3. The fourth-order valence-electron chi connectivity index (χ4n) is 2.71. The molecule has 0 amide bonds. The molecule has 0 radical (unpaired) electrons. The van der Waals surface area contributed by atoms with Crippen molar-refractivity contribution in [3.63, 3.8) is 0 Å². The maximum absolute atomic E-state index is 6.15. The Balaban J connectivity index is 2.01. The van der Waals surface area contributed by atoms with Gasteiger partial charge in [0.15, 0.2) is 0 Å². The number of rotatable bonds is 4. The van der Waals surface area contributed by atoms with Gasteiger partial charge in [0.05, 0.1) is 12.1 Å². The summed E-state index contributed by atoms with van der Waals surface area (Å²) in [6.07, 6.45) is 7.90. The maximum Gasteiger partial charge on any atom is 0.142 e. The van der Waals surface area contributed by atoms with Crippen LogP contribution in [0.1, 0.15) is 44.1 Å². The molecule has 0 aliphatic heterocycles. The van der Waals surface area contributed by atoms with E-state index in [4.69, 9.17) is 27.9 Å². The summed E-state index contributed by atoms with van der Waals surface area (Å²) in [7, 11) is 1.64. The Morgan fingerprint density at radius 1 is 1.16 bits per heavy atom. The molecular formula is C15H21Cl2NO. The van der Waals surface area contributed by atoms with Gasteiger partial charge < -0.3 is 10.1 Å². The molecule has 106 valence electrons. The van der Waals surface area contributed by atoms with Crippen LogP contribution >= 0.6 is 23.2 Å². The first-order valence-corrected chi connectivity index (χ1v) is 7.71. The molecule has 2 nitrogen and oxygen atoms in total. The number of nitrogens with one attached hydrogen (secondary N) is 1. The van der Waals surface area contributed by atoms with Gasteiger partial charge in [-0.2, -0.15) is 0 Å². The quantitative estimate of drug-likeness (QED) is 0.806. The third-order valence-electron chi connectivity index (χ3n) is 3.73. The Labute approximate surface area is 125 Å². The molecular weight excluding hydrogens is 281 g/mol. The van der Waals surface area contributed by atoms with E-state index < -0.39 is 0 Å². The topological polar surface area (TPSA) is 21.3 Å². The molecule has 2 rings (SSSR count). The number of methoxy groups -OCH3 is 1. The van der Waals surface area contributed by atoms with Gasteiger partial charge in [-0.1, -0.05) is 48.9 Å². The summed E-state index contributed by atoms with van der Waals surface area (Å²) in [6, 6.07) is 4.25. The second kappa shape index (κ2) is 7.37. The molecule has 0 atom stereocenters. The molecule has 1 aliphatic carbocycles. The van der Waals surface area contributed by atoms with Crippen molar-refractivity contribution in [2.75, 3.05) is 7.11 Å². The Morgan fingerprint density at radius 3 is 2.47 bits per heavy atom. The van der Waals surface area contributed by atoms with Crippen LogP contribution in [-0.4, -0.2) is 13.2 Å². The maximum atomic E-state index is 6.15. The van der Waals surface area contributed by atoms with Crippen LogP contribution in [-0.2, 0) is 6.54 Å². The van der Waals surface area contributed by atoms with E-state index in [9.17, 15) is 0 Å². The van der Waals surface area contributed by atoms with Crippen molar-refractivity contribution in [3.8, 4) is 5.75 Å². The molecule has 0 aromatic heterocycles. The molecule has 0 spiro atoms. The number of benzene rings is 1. The van der Waals surface area contributed by atoms with Crippen molar-refractivity contribution in [2.24, 2.45) is 0 Å². The molecule has 1 fully saturated rings. The van der Waals surface area contributed by atoms with E-state index in [1.165, 1.54) is 38.5 Å². The van der Waals surface area contributed by atoms with Crippen molar-refractivity contribution in [1.82, 2.24) is 5.32 Å². The Kier molecular flexibility index (Phi) is 5.80. The van der Waals surface area contributed by atoms with Gasteiger partial charge in [-0.3, -0.25) is 0 Å². The summed E-state index contributed by atoms with van der Waals surface area (Å²) in [4.78, 5) is 0. The first-order valence-electron chi connectivity index (χ1n) is 6.96. The second-order valence-electron chi connectivity index (χ2n) is 5.15. The third-order valence-corrected chi connectivity index (χ3v) is 4.22. The zero-order valence-electron chi connectivity index (χ0n) is 11.3. The van der Waals surface area contributed by atoms with Crippen LogP contribution < -0.4 is 10.1 Å². The Bertz CT molecular complexity index is 415. The highest BCUT2D eigenvalue weighted by Gasteiger charge is 2.14. The van der Waals surface area contributed by atoms with Gasteiger partial charge in [0.25, 0.3) is 0 Å². The average Bonchev–Trinajstić information content (AvgIpc) is 2.64. The van der Waals surface area contributed by atoms with Crippen LogP contribution in [0.3, 0.4) is 0 Å². The molecule has 0 bridgehead atoms. The van der Waals surface area contributed by atoms with Gasteiger partial charge in [0.2, 0.25) is 0 Å². The van der Waals surface area contributed by atoms with Crippen molar-refractivity contribution >= 4 is 23.2 Å². The normalized spacial score (nSPS) is 17.2. The van der Waals surface area contributed by atoms with E-state index in [-0.39, 0.29) is 0 Å². The van der Waals surface area contributed by atoms with Crippen molar-refractivity contribution < 1.29 is 4.74 Å². The van der Waals surface area contributed by atoms with Crippen LogP contribution in [0.25, 0.3) is 0 Å². The molecule has 1 aliphatic rings. The minimum Gasteiger partial charge on any atom is -0.495 e. The fourth-order valence-corrected chi connectivity index (χ4v) is 3.32. The summed E-state index contributed by atoms with van der Waals surface area (Å²) in [5.74, 6) is 0.729. The summed E-state index contributed by atoms with van der Waals surface area (Å²) in [6.45, 7) is 0.758. The van der Waals surface area contributed by atoms with Crippen LogP contribution in [0.15, 0.2) is 12.1 Å². The van der Waals surface area contributed by atoms with Crippen molar-refractivity contribution in [3.05, 3.63) is 27.7 Å². The highest BCUT2D eigenvalue weighted by Crippen LogP contribution is 2.32. The number of hydrogen-bond donors (Lipinski definition) is 1. The molecule has 0 heterocycles. The van der Waals surface area contributed by atoms with E-state index in [1.54, 1.807) is 13.2 Å². The monoisotopic (exact) mass is 301 g/mol. The van der Waals surface area contributed by atoms with Crippen LogP contribution in [0.2, 0.25) is 10.0 Å². The summed E-state index contributed by atoms with van der Waals surface area (Å²) < 4.78 is 5.37. The van der Waals surface area contributed by atoms with E-state index >= 15 is 0 Å². The summed E-state index contributed by atoms with van der Waals surface area (Å²) >= 11 is 12.2. The molecule has 1 aromatic carbocycles. The van der Waals surface area contributed by atoms with E-state index in [2.05, 4.69) is 5.32 Å². The Hall–Kier alpha value is -0.440. The van der Waals surface area contributed by atoms with Gasteiger partial charge in [-0.25, -0.2) is 0 Å². The first-order chi connectivity index (χ1) is 9.20. The number of halogens is 2. The predicted molar refractivity (Wildman–Crippen MR) is 81.3 cm³/mol. The lowest BCUT2D eigenvalue weighted by Gasteiger charge is -2.18. The highest BCUT2D eigenvalue weighted by atomic mass is 35.5. The minimum absolute atomic E-state index is 0.577. The van der Waals surface area contributed by atoms with E-state index in [0.29, 0.717) is 16.1 Å². The summed E-state index contributed by atoms with van der Waals surface area (Å²) in [5, 5.41) is 4.84. The second-order valence-corrected chi connectivity index (χ2v) is 5.99. The largest absolute Gasteiger partial charge is 0.495 e. The number of ether oxygens (including phenoxy) is 1. The van der Waals surface area contributed by atoms with Crippen molar-refractivity contribution in [2.45, 2.75) is 51.1 Å². The first kappa shape index (κ1) is 15.0. The predicted octanol–water partition coefficient (Wildman–Crippen LogP) is 4.81. The Morgan fingerprint density at radius 2 is 1.84 bits per heavy atom. The molecule has 19 heavy (non-hydrogen) atoms. The zero-order valence-corrected chi connectivity index (χ0v) is 12.9. The zero-order chi connectivity index (χ0) is 13.7.